The van der Waals surface area contributed by atoms with Gasteiger partial charge in [-0.05, 0) is 19.1 Å². The Morgan fingerprint density at radius 1 is 1.33 bits per heavy atom. The minimum Gasteiger partial charge on any atom is -0.492 e. The number of carboxylic acid groups (broad SMARTS) is 2. The Morgan fingerprint density at radius 2 is 2.00 bits per heavy atom. The fourth-order valence-corrected chi connectivity index (χ4v) is 1.76. The quantitative estimate of drug-likeness (QED) is 0.746. The number of pyridine rings is 1. The zero-order valence-electron chi connectivity index (χ0n) is 9.36. The maximum absolute atomic E-state index is 11.1. The van der Waals surface area contributed by atoms with Gasteiger partial charge in [-0.15, -0.1) is 0 Å². The van der Waals surface area contributed by atoms with E-state index in [1.165, 1.54) is 19.1 Å². The number of hydrogen-bond donors (Lipinski definition) is 3. The van der Waals surface area contributed by atoms with E-state index in [9.17, 15) is 14.7 Å². The highest BCUT2D eigenvalue weighted by molar-refractivity contribution is 5.90. The van der Waals surface area contributed by atoms with Crippen molar-refractivity contribution in [3.8, 4) is 5.88 Å². The van der Waals surface area contributed by atoms with Gasteiger partial charge in [0.15, 0.2) is 5.69 Å². The summed E-state index contributed by atoms with van der Waals surface area (Å²) in [5.41, 5.74) is -0.00519. The van der Waals surface area contributed by atoms with E-state index < -0.39 is 29.4 Å². The maximum atomic E-state index is 11.1. The number of nitrogens with zero attached hydrogens (tertiary/aromatic N) is 2. The zero-order chi connectivity index (χ0) is 13.4. The molecule has 0 aliphatic carbocycles. The first kappa shape index (κ1) is 11.9. The summed E-state index contributed by atoms with van der Waals surface area (Å²) >= 11 is 0. The van der Waals surface area contributed by atoms with Gasteiger partial charge in [0.05, 0.1) is 5.92 Å². The molecule has 0 aliphatic rings. The molecule has 2 aromatic rings. The van der Waals surface area contributed by atoms with Gasteiger partial charge in [-0.25, -0.2) is 4.79 Å². The van der Waals surface area contributed by atoms with Crippen molar-refractivity contribution < 1.29 is 24.9 Å². The van der Waals surface area contributed by atoms with Gasteiger partial charge >= 0.3 is 11.9 Å². The molecule has 0 fully saturated rings. The van der Waals surface area contributed by atoms with Gasteiger partial charge < -0.3 is 15.3 Å². The number of aromatic hydroxyl groups is 1. The average Bonchev–Trinajstić information content (AvgIpc) is 2.63. The van der Waals surface area contributed by atoms with Crippen LogP contribution in [0, 0.1) is 0 Å². The van der Waals surface area contributed by atoms with Crippen molar-refractivity contribution in [2.75, 3.05) is 0 Å². The smallest absolute Gasteiger partial charge is 0.358 e. The Morgan fingerprint density at radius 3 is 2.56 bits per heavy atom. The van der Waals surface area contributed by atoms with E-state index in [-0.39, 0.29) is 11.3 Å². The van der Waals surface area contributed by atoms with E-state index in [2.05, 4.69) is 4.98 Å². The van der Waals surface area contributed by atoms with Crippen LogP contribution in [-0.2, 0) is 4.79 Å². The molecule has 0 saturated heterocycles. The summed E-state index contributed by atoms with van der Waals surface area (Å²) in [5.74, 6) is -4.01. The first-order valence-corrected chi connectivity index (χ1v) is 5.10. The van der Waals surface area contributed by atoms with Crippen LogP contribution < -0.4 is 0 Å². The molecule has 2 rings (SSSR count). The fraction of sp³-hybridized carbons (Fsp3) is 0.182. The number of fused-ring (bicyclic) bond motifs is 1. The number of aliphatic carboxylic acids is 1. The molecule has 0 spiro atoms. The summed E-state index contributed by atoms with van der Waals surface area (Å²) in [5, 5.41) is 27.5. The molecule has 0 bridgehead atoms. The van der Waals surface area contributed by atoms with Crippen molar-refractivity contribution in [2.45, 2.75) is 12.8 Å². The highest BCUT2D eigenvalue weighted by Crippen LogP contribution is 2.24. The average molecular weight is 250 g/mol. The lowest BCUT2D eigenvalue weighted by Crippen LogP contribution is -2.14. The number of rotatable bonds is 3. The summed E-state index contributed by atoms with van der Waals surface area (Å²) in [6.07, 6.45) is 0. The lowest BCUT2D eigenvalue weighted by atomic mass is 10.1. The van der Waals surface area contributed by atoms with Crippen LogP contribution in [0.3, 0.4) is 0 Å². The topological polar surface area (TPSA) is 112 Å². The number of aromatic carboxylic acids is 1. The zero-order valence-corrected chi connectivity index (χ0v) is 9.36. The minimum atomic E-state index is -1.37. The predicted octanol–water partition coefficient (Wildman–Crippen LogP) is 0.926. The van der Waals surface area contributed by atoms with Gasteiger partial charge in [-0.2, -0.15) is 4.98 Å². The van der Waals surface area contributed by atoms with Crippen LogP contribution >= 0.6 is 0 Å². The lowest BCUT2D eigenvalue weighted by molar-refractivity contribution is -0.138. The van der Waals surface area contributed by atoms with Gasteiger partial charge in [0, 0.05) is 5.69 Å². The molecule has 0 saturated carbocycles. The van der Waals surface area contributed by atoms with E-state index in [4.69, 9.17) is 10.2 Å². The first-order valence-electron chi connectivity index (χ1n) is 5.10. The van der Waals surface area contributed by atoms with E-state index in [1.54, 1.807) is 6.07 Å². The largest absolute Gasteiger partial charge is 0.492 e. The molecular weight excluding hydrogens is 240 g/mol. The number of aromatic nitrogens is 2. The lowest BCUT2D eigenvalue weighted by Gasteiger charge is -2.10. The summed E-state index contributed by atoms with van der Waals surface area (Å²) < 4.78 is 1.14. The van der Waals surface area contributed by atoms with E-state index in [0.29, 0.717) is 0 Å². The molecule has 0 aromatic carbocycles. The van der Waals surface area contributed by atoms with Gasteiger partial charge in [0.1, 0.15) is 5.65 Å². The molecule has 1 atom stereocenters. The monoisotopic (exact) mass is 250 g/mol. The van der Waals surface area contributed by atoms with Crippen LogP contribution in [0.25, 0.3) is 5.65 Å². The van der Waals surface area contributed by atoms with Crippen LogP contribution in [0.2, 0.25) is 0 Å². The molecule has 18 heavy (non-hydrogen) atoms. The van der Waals surface area contributed by atoms with Gasteiger partial charge in [0.25, 0.3) is 0 Å². The number of hydrogen-bond acceptors (Lipinski definition) is 4. The van der Waals surface area contributed by atoms with E-state index in [1.807, 2.05) is 0 Å². The Bertz CT molecular complexity index is 646. The third-order valence-corrected chi connectivity index (χ3v) is 2.67. The Balaban J connectivity index is 2.82. The van der Waals surface area contributed by atoms with E-state index >= 15 is 0 Å². The predicted molar refractivity (Wildman–Crippen MR) is 59.9 cm³/mol. The second-order valence-corrected chi connectivity index (χ2v) is 3.79. The van der Waals surface area contributed by atoms with Crippen LogP contribution in [0.1, 0.15) is 29.0 Å². The summed E-state index contributed by atoms with van der Waals surface area (Å²) in [6, 6.07) is 4.53. The SMILES string of the molecule is CC(C(=O)O)c1cccc2nc(O)c(C(=O)O)n12. The Labute approximate surface area is 101 Å². The van der Waals surface area contributed by atoms with Crippen molar-refractivity contribution >= 4 is 17.6 Å². The molecule has 3 N–H and O–H groups in total. The summed E-state index contributed by atoms with van der Waals surface area (Å²) in [4.78, 5) is 25.7. The Kier molecular flexibility index (Phi) is 2.66. The normalized spacial score (nSPS) is 12.5. The molecule has 94 valence electrons. The second kappa shape index (κ2) is 4.02. The van der Waals surface area contributed by atoms with Crippen molar-refractivity contribution in [1.82, 2.24) is 9.38 Å². The van der Waals surface area contributed by atoms with Gasteiger partial charge in [-0.3, -0.25) is 9.20 Å². The highest BCUT2D eigenvalue weighted by atomic mass is 16.4. The highest BCUT2D eigenvalue weighted by Gasteiger charge is 2.24. The number of imidazole rings is 1. The fourth-order valence-electron chi connectivity index (χ4n) is 1.76. The molecule has 0 amide bonds. The minimum absolute atomic E-state index is 0.190. The molecule has 1 unspecified atom stereocenters. The summed E-state index contributed by atoms with van der Waals surface area (Å²) in [7, 11) is 0. The van der Waals surface area contributed by atoms with Crippen LogP contribution in [0.4, 0.5) is 0 Å². The number of carbonyl (C=O) groups is 2. The molecule has 2 heterocycles. The van der Waals surface area contributed by atoms with Crippen molar-refractivity contribution in [2.24, 2.45) is 0 Å². The first-order chi connectivity index (χ1) is 8.43. The third kappa shape index (κ3) is 1.65. The summed E-state index contributed by atoms with van der Waals surface area (Å²) in [6.45, 7) is 1.43. The molecule has 7 heteroatoms. The van der Waals surface area contributed by atoms with Crippen LogP contribution in [0.5, 0.6) is 5.88 Å². The number of carboxylic acids is 2. The molecule has 2 aromatic heterocycles. The molecule has 0 aliphatic heterocycles. The Hall–Kier alpha value is -2.57. The van der Waals surface area contributed by atoms with Crippen LogP contribution in [-0.4, -0.2) is 36.6 Å². The van der Waals surface area contributed by atoms with Crippen molar-refractivity contribution in [3.63, 3.8) is 0 Å². The third-order valence-electron chi connectivity index (χ3n) is 2.67. The van der Waals surface area contributed by atoms with Gasteiger partial charge in [0.2, 0.25) is 5.88 Å². The maximum Gasteiger partial charge on any atom is 0.358 e. The molecular formula is C11H10N2O5. The van der Waals surface area contributed by atoms with Crippen LogP contribution in [0.15, 0.2) is 18.2 Å². The van der Waals surface area contributed by atoms with Gasteiger partial charge in [-0.1, -0.05) is 6.07 Å². The second-order valence-electron chi connectivity index (χ2n) is 3.79. The standard InChI is InChI=1S/C11H10N2O5/c1-5(10(15)16)6-3-2-4-7-12-9(14)8(11(17)18)13(6)7/h2-5,14H,1H3,(H,15,16)(H,17,18). The molecule has 0 radical (unpaired) electrons. The van der Waals surface area contributed by atoms with E-state index in [0.717, 1.165) is 4.40 Å². The molecule has 7 nitrogen and oxygen atoms in total. The van der Waals surface area contributed by atoms with Crippen molar-refractivity contribution in [3.05, 3.63) is 29.6 Å². The van der Waals surface area contributed by atoms with Crippen molar-refractivity contribution in [1.29, 1.82) is 0 Å².